The summed E-state index contributed by atoms with van der Waals surface area (Å²) in [5.41, 5.74) is 0.522. The Morgan fingerprint density at radius 2 is 2.18 bits per heavy atom. The van der Waals surface area contributed by atoms with Crippen molar-refractivity contribution < 1.29 is 12.8 Å². The van der Waals surface area contributed by atoms with Gasteiger partial charge >= 0.3 is 0 Å². The molecule has 2 aromatic rings. The molecule has 0 saturated carbocycles. The van der Waals surface area contributed by atoms with Crippen LogP contribution in [0.2, 0.25) is 0 Å². The predicted molar refractivity (Wildman–Crippen MR) is 82.6 cm³/mol. The molecule has 1 saturated heterocycles. The van der Waals surface area contributed by atoms with E-state index < -0.39 is 15.8 Å². The number of anilines is 1. The van der Waals surface area contributed by atoms with Crippen molar-refractivity contribution in [1.29, 1.82) is 0 Å². The average Bonchev–Trinajstić information content (AvgIpc) is 2.47. The largest absolute Gasteiger partial charge is 0.365 e. The Balaban J connectivity index is 1.87. The summed E-state index contributed by atoms with van der Waals surface area (Å²) in [5.74, 6) is 0.0137. The molecule has 0 amide bonds. The zero-order chi connectivity index (χ0) is 15.7. The van der Waals surface area contributed by atoms with E-state index in [4.69, 9.17) is 0 Å². The highest BCUT2D eigenvalue weighted by Crippen LogP contribution is 2.24. The number of nitrogens with zero attached hydrogens (tertiary/aromatic N) is 3. The van der Waals surface area contributed by atoms with Crippen LogP contribution in [-0.4, -0.2) is 48.1 Å². The normalized spacial score (nSPS) is 20.2. The fraction of sp³-hybridized carbons (Fsp3) is 0.429. The molecule has 22 heavy (non-hydrogen) atoms. The van der Waals surface area contributed by atoms with Crippen molar-refractivity contribution in [1.82, 2.24) is 14.3 Å². The molecular weight excluding hydrogens is 307 g/mol. The molecular formula is C14H17FN4O2S. The van der Waals surface area contributed by atoms with Crippen molar-refractivity contribution in [3.8, 4) is 0 Å². The second-order valence-electron chi connectivity index (χ2n) is 5.46. The van der Waals surface area contributed by atoms with E-state index in [9.17, 15) is 12.8 Å². The van der Waals surface area contributed by atoms with Crippen LogP contribution in [0.15, 0.2) is 24.5 Å². The second kappa shape index (κ2) is 5.77. The van der Waals surface area contributed by atoms with Crippen molar-refractivity contribution in [3.05, 3.63) is 30.3 Å². The topological polar surface area (TPSA) is 75.2 Å². The van der Waals surface area contributed by atoms with Gasteiger partial charge in [0.15, 0.2) is 0 Å². The lowest BCUT2D eigenvalue weighted by Crippen LogP contribution is -2.44. The average molecular weight is 324 g/mol. The molecule has 118 valence electrons. The molecule has 1 fully saturated rings. The molecule has 0 aliphatic carbocycles. The maximum Gasteiger partial charge on any atom is 0.211 e. The molecule has 0 bridgehead atoms. The van der Waals surface area contributed by atoms with E-state index in [-0.39, 0.29) is 6.04 Å². The zero-order valence-corrected chi connectivity index (χ0v) is 13.0. The number of sulfonamides is 1. The molecule has 8 heteroatoms. The standard InChI is InChI=1S/C14H17FN4O2S/c1-22(20,21)19-7-3-4-10(8-19)18-14-13-11(15)5-2-6-12(13)16-9-17-14/h2,5-6,9-10H,3-4,7-8H2,1H3,(H,16,17,18). The van der Waals surface area contributed by atoms with Crippen molar-refractivity contribution in [2.45, 2.75) is 18.9 Å². The minimum Gasteiger partial charge on any atom is -0.365 e. The summed E-state index contributed by atoms with van der Waals surface area (Å²) in [4.78, 5) is 8.17. The van der Waals surface area contributed by atoms with Crippen LogP contribution < -0.4 is 5.32 Å². The first kappa shape index (κ1) is 15.1. The first-order valence-corrected chi connectivity index (χ1v) is 8.91. The first-order chi connectivity index (χ1) is 10.4. The van der Waals surface area contributed by atoms with Gasteiger partial charge in [-0.1, -0.05) is 6.07 Å². The smallest absolute Gasteiger partial charge is 0.211 e. The van der Waals surface area contributed by atoms with Gasteiger partial charge < -0.3 is 5.32 Å². The summed E-state index contributed by atoms with van der Waals surface area (Å²) in [6.45, 7) is 0.884. The van der Waals surface area contributed by atoms with Gasteiger partial charge in [-0.05, 0) is 25.0 Å². The summed E-state index contributed by atoms with van der Waals surface area (Å²) >= 11 is 0. The van der Waals surface area contributed by atoms with Gasteiger partial charge in [0.1, 0.15) is 18.0 Å². The number of halogens is 1. The summed E-state index contributed by atoms with van der Waals surface area (Å²) in [5, 5.41) is 3.50. The molecule has 1 N–H and O–H groups in total. The molecule has 2 heterocycles. The predicted octanol–water partition coefficient (Wildman–Crippen LogP) is 1.60. The Bertz CT molecular complexity index is 791. The van der Waals surface area contributed by atoms with E-state index in [1.807, 2.05) is 0 Å². The van der Waals surface area contributed by atoms with Gasteiger partial charge in [0, 0.05) is 19.1 Å². The number of benzene rings is 1. The third-order valence-corrected chi connectivity index (χ3v) is 5.08. The van der Waals surface area contributed by atoms with Gasteiger partial charge in [0.25, 0.3) is 0 Å². The van der Waals surface area contributed by atoms with Gasteiger partial charge in [0.05, 0.1) is 17.2 Å². The molecule has 1 unspecified atom stereocenters. The minimum absolute atomic E-state index is 0.0961. The highest BCUT2D eigenvalue weighted by molar-refractivity contribution is 7.88. The van der Waals surface area contributed by atoms with Crippen molar-refractivity contribution >= 4 is 26.7 Å². The monoisotopic (exact) mass is 324 g/mol. The minimum atomic E-state index is -3.22. The van der Waals surface area contributed by atoms with E-state index in [0.717, 1.165) is 12.8 Å². The first-order valence-electron chi connectivity index (χ1n) is 7.06. The lowest BCUT2D eigenvalue weighted by Gasteiger charge is -2.31. The van der Waals surface area contributed by atoms with Crippen LogP contribution in [0, 0.1) is 5.82 Å². The molecule has 1 atom stereocenters. The van der Waals surface area contributed by atoms with Crippen LogP contribution in [0.25, 0.3) is 10.9 Å². The quantitative estimate of drug-likeness (QED) is 0.928. The Morgan fingerprint density at radius 3 is 2.95 bits per heavy atom. The summed E-state index contributed by atoms with van der Waals surface area (Å²) < 4.78 is 38.8. The number of hydrogen-bond donors (Lipinski definition) is 1. The van der Waals surface area contributed by atoms with E-state index >= 15 is 0 Å². The molecule has 1 aromatic carbocycles. The SMILES string of the molecule is CS(=O)(=O)N1CCCC(Nc2ncnc3cccc(F)c23)C1. The molecule has 0 radical (unpaired) electrons. The third-order valence-electron chi connectivity index (χ3n) is 3.81. The van der Waals surface area contributed by atoms with Crippen LogP contribution >= 0.6 is 0 Å². The van der Waals surface area contributed by atoms with Crippen LogP contribution in [0.4, 0.5) is 10.2 Å². The van der Waals surface area contributed by atoms with Crippen molar-refractivity contribution in [3.63, 3.8) is 0 Å². The molecule has 1 aliphatic rings. The number of piperidine rings is 1. The molecule has 0 spiro atoms. The van der Waals surface area contributed by atoms with E-state index in [2.05, 4.69) is 15.3 Å². The van der Waals surface area contributed by atoms with Gasteiger partial charge in [-0.2, -0.15) is 0 Å². The number of nitrogens with one attached hydrogen (secondary N) is 1. The summed E-state index contributed by atoms with van der Waals surface area (Å²) in [6, 6.07) is 4.58. The van der Waals surface area contributed by atoms with Crippen molar-refractivity contribution in [2.75, 3.05) is 24.7 Å². The van der Waals surface area contributed by atoms with Gasteiger partial charge in [-0.3, -0.25) is 0 Å². The number of rotatable bonds is 3. The lowest BCUT2D eigenvalue weighted by atomic mass is 10.1. The number of aromatic nitrogens is 2. The third kappa shape index (κ3) is 3.02. The maximum atomic E-state index is 14.0. The van der Waals surface area contributed by atoms with Crippen LogP contribution in [0.5, 0.6) is 0 Å². The van der Waals surface area contributed by atoms with E-state index in [0.29, 0.717) is 29.8 Å². The van der Waals surface area contributed by atoms with E-state index in [1.165, 1.54) is 23.0 Å². The molecule has 1 aromatic heterocycles. The highest BCUT2D eigenvalue weighted by atomic mass is 32.2. The van der Waals surface area contributed by atoms with Gasteiger partial charge in [0.2, 0.25) is 10.0 Å². The molecule has 6 nitrogen and oxygen atoms in total. The zero-order valence-electron chi connectivity index (χ0n) is 12.2. The van der Waals surface area contributed by atoms with Crippen LogP contribution in [0.3, 0.4) is 0 Å². The van der Waals surface area contributed by atoms with Crippen molar-refractivity contribution in [2.24, 2.45) is 0 Å². The van der Waals surface area contributed by atoms with Gasteiger partial charge in [-0.15, -0.1) is 0 Å². The van der Waals surface area contributed by atoms with Crippen LogP contribution in [0.1, 0.15) is 12.8 Å². The molecule has 3 rings (SSSR count). The second-order valence-corrected chi connectivity index (χ2v) is 7.44. The Kier molecular flexibility index (Phi) is 3.96. The Hall–Kier alpha value is -1.80. The fourth-order valence-electron chi connectivity index (χ4n) is 2.73. The Labute approximate surface area is 128 Å². The Morgan fingerprint density at radius 1 is 1.36 bits per heavy atom. The van der Waals surface area contributed by atoms with E-state index in [1.54, 1.807) is 12.1 Å². The summed E-state index contributed by atoms with van der Waals surface area (Å²) in [6.07, 6.45) is 4.15. The fourth-order valence-corrected chi connectivity index (χ4v) is 3.64. The van der Waals surface area contributed by atoms with Gasteiger partial charge in [-0.25, -0.2) is 27.1 Å². The number of hydrogen-bond acceptors (Lipinski definition) is 5. The summed E-state index contributed by atoms with van der Waals surface area (Å²) in [7, 11) is -3.22. The highest BCUT2D eigenvalue weighted by Gasteiger charge is 2.26. The number of fused-ring (bicyclic) bond motifs is 1. The van der Waals surface area contributed by atoms with Crippen LogP contribution in [-0.2, 0) is 10.0 Å². The lowest BCUT2D eigenvalue weighted by molar-refractivity contribution is 0.329. The molecule has 1 aliphatic heterocycles. The maximum absolute atomic E-state index is 14.0.